The zero-order chi connectivity index (χ0) is 19.6. The third-order valence-corrected chi connectivity index (χ3v) is 4.80. The summed E-state index contributed by atoms with van der Waals surface area (Å²) in [6, 6.07) is 6.20. The molecule has 0 spiro atoms. The minimum atomic E-state index is -2.86. The number of alkyl halides is 2. The van der Waals surface area contributed by atoms with Crippen molar-refractivity contribution < 1.29 is 22.8 Å². The lowest BCUT2D eigenvalue weighted by Gasteiger charge is -2.05. The highest BCUT2D eigenvalue weighted by atomic mass is 32.1. The van der Waals surface area contributed by atoms with Crippen molar-refractivity contribution in [1.29, 1.82) is 0 Å². The molecule has 3 rings (SSSR count). The lowest BCUT2D eigenvalue weighted by atomic mass is 10.1. The third kappa shape index (κ3) is 4.48. The van der Waals surface area contributed by atoms with E-state index in [1.54, 1.807) is 26.0 Å². The van der Waals surface area contributed by atoms with E-state index in [2.05, 4.69) is 20.2 Å². The van der Waals surface area contributed by atoms with Crippen LogP contribution in [0.4, 0.5) is 13.9 Å². The summed E-state index contributed by atoms with van der Waals surface area (Å²) in [6.07, 6.45) is 0.148. The van der Waals surface area contributed by atoms with Gasteiger partial charge in [0.25, 0.3) is 0 Å². The minimum Gasteiger partial charge on any atom is -0.435 e. The molecule has 6 nitrogen and oxygen atoms in total. The van der Waals surface area contributed by atoms with Gasteiger partial charge in [-0.2, -0.15) is 8.78 Å². The number of rotatable bonds is 6. The molecule has 1 N–H and O–H groups in total. The smallest absolute Gasteiger partial charge is 0.387 e. The number of aromatic nitrogens is 2. The van der Waals surface area contributed by atoms with Gasteiger partial charge in [-0.05, 0) is 45.0 Å². The Bertz CT molecular complexity index is 932. The highest BCUT2D eigenvalue weighted by Crippen LogP contribution is 2.31. The van der Waals surface area contributed by atoms with E-state index in [0.717, 1.165) is 16.0 Å². The number of nitrogens with zero attached hydrogens (tertiary/aromatic N) is 2. The molecule has 1 amide bonds. The highest BCUT2D eigenvalue weighted by Gasteiger charge is 2.16. The first-order valence-electron chi connectivity index (χ1n) is 8.07. The number of ether oxygens (including phenoxy) is 1. The molecular formula is C18H17F2N3O3S. The zero-order valence-electron chi connectivity index (χ0n) is 14.9. The predicted octanol–water partition coefficient (Wildman–Crippen LogP) is 4.51. The summed E-state index contributed by atoms with van der Waals surface area (Å²) in [5.74, 6) is 0.477. The van der Waals surface area contributed by atoms with Crippen molar-refractivity contribution in [2.45, 2.75) is 33.8 Å². The average Bonchev–Trinajstić information content (AvgIpc) is 3.11. The lowest BCUT2D eigenvalue weighted by molar-refractivity contribution is -0.115. The number of halogens is 2. The number of hydrogen-bond acceptors (Lipinski definition) is 6. The largest absolute Gasteiger partial charge is 0.435 e. The van der Waals surface area contributed by atoms with Crippen LogP contribution in [0.5, 0.6) is 5.75 Å². The third-order valence-electron chi connectivity index (χ3n) is 3.91. The van der Waals surface area contributed by atoms with Crippen molar-refractivity contribution in [3.63, 3.8) is 0 Å². The molecule has 0 fully saturated rings. The molecule has 0 unspecified atom stereocenters. The maximum atomic E-state index is 12.3. The molecule has 0 aliphatic carbocycles. The van der Waals surface area contributed by atoms with E-state index in [9.17, 15) is 13.6 Å². The number of thiazole rings is 1. The van der Waals surface area contributed by atoms with E-state index in [4.69, 9.17) is 4.52 Å². The number of hydrogen-bond donors (Lipinski definition) is 1. The first-order chi connectivity index (χ1) is 12.8. The Kier molecular flexibility index (Phi) is 5.50. The molecule has 9 heteroatoms. The number of benzene rings is 1. The van der Waals surface area contributed by atoms with Gasteiger partial charge in [0, 0.05) is 16.0 Å². The molecule has 2 heterocycles. The van der Waals surface area contributed by atoms with Gasteiger partial charge in [-0.1, -0.05) is 5.16 Å². The fraction of sp³-hybridized carbons (Fsp3) is 0.278. The molecule has 0 atom stereocenters. The Morgan fingerprint density at radius 2 is 1.96 bits per heavy atom. The zero-order valence-corrected chi connectivity index (χ0v) is 15.7. The highest BCUT2D eigenvalue weighted by molar-refractivity contribution is 7.16. The molecular weight excluding hydrogens is 376 g/mol. The van der Waals surface area contributed by atoms with Crippen molar-refractivity contribution in [1.82, 2.24) is 10.1 Å². The van der Waals surface area contributed by atoms with Gasteiger partial charge >= 0.3 is 6.61 Å². The van der Waals surface area contributed by atoms with Crippen molar-refractivity contribution in [3.8, 4) is 17.0 Å². The molecule has 0 aliphatic rings. The number of anilines is 1. The van der Waals surface area contributed by atoms with E-state index < -0.39 is 6.61 Å². The summed E-state index contributed by atoms with van der Waals surface area (Å²) in [5, 5.41) is 7.08. The molecule has 0 saturated heterocycles. The van der Waals surface area contributed by atoms with E-state index in [-0.39, 0.29) is 18.1 Å². The van der Waals surface area contributed by atoms with Crippen LogP contribution in [0.1, 0.15) is 21.9 Å². The summed E-state index contributed by atoms with van der Waals surface area (Å²) in [5.41, 5.74) is 2.87. The maximum absolute atomic E-state index is 12.3. The Labute approximate surface area is 158 Å². The summed E-state index contributed by atoms with van der Waals surface area (Å²) in [4.78, 5) is 17.6. The van der Waals surface area contributed by atoms with Crippen molar-refractivity contribution in [2.75, 3.05) is 5.32 Å². The van der Waals surface area contributed by atoms with Crippen LogP contribution in [0, 0.1) is 20.8 Å². The van der Waals surface area contributed by atoms with E-state index in [0.29, 0.717) is 22.3 Å². The molecule has 3 aromatic rings. The maximum Gasteiger partial charge on any atom is 0.387 e. The Balaban J connectivity index is 1.71. The van der Waals surface area contributed by atoms with Gasteiger partial charge in [0.15, 0.2) is 5.13 Å². The standard InChI is InChI=1S/C18H17F2N3O3S/c1-9-14(10(2)26-23-9)8-15(24)21-18-22-16(11(3)27-18)12-4-6-13(7-5-12)25-17(19)20/h4-7,17H,8H2,1-3H3,(H,21,22,24). The van der Waals surface area contributed by atoms with Gasteiger partial charge in [-0.15, -0.1) is 11.3 Å². The summed E-state index contributed by atoms with van der Waals surface area (Å²) >= 11 is 1.34. The molecule has 142 valence electrons. The van der Waals surface area contributed by atoms with Crippen molar-refractivity contribution in [2.24, 2.45) is 0 Å². The lowest BCUT2D eigenvalue weighted by Crippen LogP contribution is -2.15. The van der Waals surface area contributed by atoms with Gasteiger partial charge in [-0.25, -0.2) is 4.98 Å². The van der Waals surface area contributed by atoms with Crippen LogP contribution in [0.15, 0.2) is 28.8 Å². The number of aryl methyl sites for hydroxylation is 3. The van der Waals surface area contributed by atoms with Crippen LogP contribution in [-0.2, 0) is 11.2 Å². The van der Waals surface area contributed by atoms with E-state index in [1.807, 2.05) is 6.92 Å². The van der Waals surface area contributed by atoms with Gasteiger partial charge in [0.1, 0.15) is 11.5 Å². The van der Waals surface area contributed by atoms with E-state index >= 15 is 0 Å². The number of carbonyl (C=O) groups excluding carboxylic acids is 1. The molecule has 0 radical (unpaired) electrons. The second-order valence-electron chi connectivity index (χ2n) is 5.85. The number of carbonyl (C=O) groups is 1. The van der Waals surface area contributed by atoms with Crippen LogP contribution in [-0.4, -0.2) is 22.7 Å². The second-order valence-corrected chi connectivity index (χ2v) is 7.06. The quantitative estimate of drug-likeness (QED) is 0.667. The van der Waals surface area contributed by atoms with Gasteiger partial charge in [-0.3, -0.25) is 4.79 Å². The van der Waals surface area contributed by atoms with Gasteiger partial charge in [0.05, 0.1) is 17.8 Å². The topological polar surface area (TPSA) is 77.3 Å². The van der Waals surface area contributed by atoms with Gasteiger partial charge < -0.3 is 14.6 Å². The van der Waals surface area contributed by atoms with Crippen LogP contribution in [0.2, 0.25) is 0 Å². The fourth-order valence-electron chi connectivity index (χ4n) is 2.59. The monoisotopic (exact) mass is 393 g/mol. The first-order valence-corrected chi connectivity index (χ1v) is 8.89. The van der Waals surface area contributed by atoms with Crippen molar-refractivity contribution >= 4 is 22.4 Å². The molecule has 0 aliphatic heterocycles. The second kappa shape index (κ2) is 7.83. The number of nitrogens with one attached hydrogen (secondary N) is 1. The average molecular weight is 393 g/mol. The van der Waals surface area contributed by atoms with Crippen LogP contribution < -0.4 is 10.1 Å². The van der Waals surface area contributed by atoms with E-state index in [1.165, 1.54) is 23.5 Å². The minimum absolute atomic E-state index is 0.0784. The Morgan fingerprint density at radius 3 is 2.56 bits per heavy atom. The fourth-order valence-corrected chi connectivity index (χ4v) is 3.44. The molecule has 0 bridgehead atoms. The van der Waals surface area contributed by atoms with Crippen LogP contribution in [0.3, 0.4) is 0 Å². The molecule has 0 saturated carbocycles. The predicted molar refractivity (Wildman–Crippen MR) is 97.2 cm³/mol. The molecule has 1 aromatic carbocycles. The summed E-state index contributed by atoms with van der Waals surface area (Å²) < 4.78 is 33.9. The summed E-state index contributed by atoms with van der Waals surface area (Å²) in [6.45, 7) is 2.55. The number of amides is 1. The van der Waals surface area contributed by atoms with Crippen LogP contribution >= 0.6 is 11.3 Å². The molecule has 2 aromatic heterocycles. The first kappa shape index (κ1) is 19.0. The van der Waals surface area contributed by atoms with Crippen molar-refractivity contribution in [3.05, 3.63) is 46.2 Å². The van der Waals surface area contributed by atoms with Crippen LogP contribution in [0.25, 0.3) is 11.3 Å². The SMILES string of the molecule is Cc1noc(C)c1CC(=O)Nc1nc(-c2ccc(OC(F)F)cc2)c(C)s1. The Hall–Kier alpha value is -2.81. The Morgan fingerprint density at radius 1 is 1.26 bits per heavy atom. The summed E-state index contributed by atoms with van der Waals surface area (Å²) in [7, 11) is 0. The molecule has 27 heavy (non-hydrogen) atoms. The normalized spacial score (nSPS) is 11.0. The van der Waals surface area contributed by atoms with Gasteiger partial charge in [0.2, 0.25) is 5.91 Å².